The Bertz CT molecular complexity index is 457. The lowest BCUT2D eigenvalue weighted by Crippen LogP contribution is -2.21. The van der Waals surface area contributed by atoms with E-state index in [9.17, 15) is 4.79 Å². The number of hydrogen-bond acceptors (Lipinski definition) is 4. The van der Waals surface area contributed by atoms with Crippen LogP contribution in [0.15, 0.2) is 15.5 Å². The number of halogens is 1. The van der Waals surface area contributed by atoms with Gasteiger partial charge in [0.05, 0.1) is 11.9 Å². The summed E-state index contributed by atoms with van der Waals surface area (Å²) in [6.07, 6.45) is 5.22. The van der Waals surface area contributed by atoms with Crippen molar-refractivity contribution in [2.24, 2.45) is 13.0 Å². The van der Waals surface area contributed by atoms with Crippen molar-refractivity contribution in [1.29, 1.82) is 0 Å². The van der Waals surface area contributed by atoms with Gasteiger partial charge in [-0.25, -0.2) is 4.68 Å². The van der Waals surface area contributed by atoms with Gasteiger partial charge in [0.25, 0.3) is 5.56 Å². The van der Waals surface area contributed by atoms with E-state index in [1.165, 1.54) is 17.5 Å². The molecule has 0 saturated heterocycles. The Morgan fingerprint density at radius 1 is 1.61 bits per heavy atom. The Hall–Kier alpha value is -0.880. The van der Waals surface area contributed by atoms with Crippen LogP contribution in [-0.4, -0.2) is 29.5 Å². The molecule has 0 unspecified atom stereocenters. The minimum absolute atomic E-state index is 0.134. The van der Waals surface area contributed by atoms with Crippen LogP contribution < -0.4 is 10.9 Å². The van der Waals surface area contributed by atoms with E-state index < -0.39 is 0 Å². The largest absolute Gasteiger partial charge is 0.383 e. The normalized spacial score (nSPS) is 14.8. The summed E-state index contributed by atoms with van der Waals surface area (Å²) in [5, 5.41) is 7.15. The summed E-state index contributed by atoms with van der Waals surface area (Å²) in [6, 6.07) is 0. The van der Waals surface area contributed by atoms with Crippen molar-refractivity contribution in [2.75, 3.05) is 25.1 Å². The third kappa shape index (κ3) is 3.81. The molecule has 0 atom stereocenters. The highest BCUT2D eigenvalue weighted by molar-refractivity contribution is 9.10. The van der Waals surface area contributed by atoms with Gasteiger partial charge >= 0.3 is 0 Å². The first kappa shape index (κ1) is 13.5. The summed E-state index contributed by atoms with van der Waals surface area (Å²) < 4.78 is 7.36. The molecule has 0 amide bonds. The zero-order valence-corrected chi connectivity index (χ0v) is 12.1. The number of ether oxygens (including phenoxy) is 1. The molecule has 1 N–H and O–H groups in total. The fourth-order valence-corrected chi connectivity index (χ4v) is 2.06. The Balaban J connectivity index is 1.69. The SMILES string of the molecule is Cn1ncc(NCCCOCC2CC2)c(Br)c1=O. The van der Waals surface area contributed by atoms with Gasteiger partial charge in [0, 0.05) is 26.8 Å². The maximum absolute atomic E-state index is 11.6. The summed E-state index contributed by atoms with van der Waals surface area (Å²) in [6.45, 7) is 2.44. The molecule has 1 aromatic heterocycles. The van der Waals surface area contributed by atoms with Gasteiger partial charge < -0.3 is 10.1 Å². The molecular formula is C12H18BrN3O2. The molecule has 0 aromatic carbocycles. The van der Waals surface area contributed by atoms with Crippen LogP contribution in [0.4, 0.5) is 5.69 Å². The molecule has 1 aliphatic rings. The summed E-state index contributed by atoms with van der Waals surface area (Å²) >= 11 is 3.27. The van der Waals surface area contributed by atoms with Crippen molar-refractivity contribution in [1.82, 2.24) is 9.78 Å². The lowest BCUT2D eigenvalue weighted by atomic mass is 10.4. The van der Waals surface area contributed by atoms with Crippen molar-refractivity contribution in [2.45, 2.75) is 19.3 Å². The standard InChI is InChI=1S/C12H18BrN3O2/c1-16-12(17)11(13)10(7-15-16)14-5-2-6-18-8-9-3-4-9/h7,9,14H,2-6,8H2,1H3. The monoisotopic (exact) mass is 315 g/mol. The third-order valence-electron chi connectivity index (χ3n) is 2.91. The number of aryl methyl sites for hydroxylation is 1. The summed E-state index contributed by atoms with van der Waals surface area (Å²) in [5.41, 5.74) is 0.602. The van der Waals surface area contributed by atoms with Crippen LogP contribution in [0.3, 0.4) is 0 Å². The van der Waals surface area contributed by atoms with Crippen LogP contribution in [0, 0.1) is 5.92 Å². The molecular weight excluding hydrogens is 298 g/mol. The highest BCUT2D eigenvalue weighted by Crippen LogP contribution is 2.28. The number of nitrogens with zero attached hydrogens (tertiary/aromatic N) is 2. The molecule has 0 radical (unpaired) electrons. The molecule has 6 heteroatoms. The second-order valence-corrected chi connectivity index (χ2v) is 5.39. The smallest absolute Gasteiger partial charge is 0.282 e. The zero-order chi connectivity index (χ0) is 13.0. The zero-order valence-electron chi connectivity index (χ0n) is 10.5. The predicted molar refractivity (Wildman–Crippen MR) is 73.8 cm³/mol. The molecule has 1 aromatic rings. The van der Waals surface area contributed by atoms with E-state index in [1.54, 1.807) is 13.2 Å². The Labute approximate surface area is 115 Å². The first-order chi connectivity index (χ1) is 8.68. The van der Waals surface area contributed by atoms with Crippen molar-refractivity contribution < 1.29 is 4.74 Å². The minimum Gasteiger partial charge on any atom is -0.383 e. The fourth-order valence-electron chi connectivity index (χ4n) is 1.57. The number of aromatic nitrogens is 2. The van der Waals surface area contributed by atoms with Gasteiger partial charge in [-0.3, -0.25) is 4.79 Å². The quantitative estimate of drug-likeness (QED) is 0.779. The van der Waals surface area contributed by atoms with Crippen LogP contribution in [-0.2, 0) is 11.8 Å². The molecule has 1 fully saturated rings. The van der Waals surface area contributed by atoms with Crippen LogP contribution in [0.2, 0.25) is 0 Å². The molecule has 2 rings (SSSR count). The van der Waals surface area contributed by atoms with Crippen LogP contribution in [0.1, 0.15) is 19.3 Å². The molecule has 1 saturated carbocycles. The Kier molecular flexibility index (Phi) is 4.77. The van der Waals surface area contributed by atoms with Gasteiger partial charge in [0.15, 0.2) is 0 Å². The summed E-state index contributed by atoms with van der Waals surface area (Å²) in [4.78, 5) is 11.6. The highest BCUT2D eigenvalue weighted by atomic mass is 79.9. The van der Waals surface area contributed by atoms with Gasteiger partial charge in [-0.05, 0) is 41.1 Å². The lowest BCUT2D eigenvalue weighted by molar-refractivity contribution is 0.124. The number of anilines is 1. The number of rotatable bonds is 7. The summed E-state index contributed by atoms with van der Waals surface area (Å²) in [7, 11) is 1.63. The van der Waals surface area contributed by atoms with Gasteiger partial charge in [0.1, 0.15) is 4.47 Å². The average Bonchev–Trinajstić information content (AvgIpc) is 3.17. The van der Waals surface area contributed by atoms with E-state index in [0.29, 0.717) is 4.47 Å². The second-order valence-electron chi connectivity index (χ2n) is 4.60. The van der Waals surface area contributed by atoms with Gasteiger partial charge in [-0.15, -0.1) is 0 Å². The molecule has 1 aliphatic carbocycles. The van der Waals surface area contributed by atoms with E-state index in [-0.39, 0.29) is 5.56 Å². The van der Waals surface area contributed by atoms with Gasteiger partial charge in [-0.2, -0.15) is 5.10 Å². The van der Waals surface area contributed by atoms with E-state index in [1.807, 2.05) is 0 Å². The Morgan fingerprint density at radius 3 is 3.11 bits per heavy atom. The minimum atomic E-state index is -0.134. The first-order valence-corrected chi connectivity index (χ1v) is 7.01. The number of nitrogens with one attached hydrogen (secondary N) is 1. The molecule has 0 aliphatic heterocycles. The van der Waals surface area contributed by atoms with Crippen molar-refractivity contribution in [3.05, 3.63) is 21.0 Å². The maximum atomic E-state index is 11.6. The predicted octanol–water partition coefficient (Wildman–Crippen LogP) is 1.77. The first-order valence-electron chi connectivity index (χ1n) is 6.22. The fraction of sp³-hybridized carbons (Fsp3) is 0.667. The van der Waals surface area contributed by atoms with Crippen LogP contribution >= 0.6 is 15.9 Å². The summed E-state index contributed by atoms with van der Waals surface area (Å²) in [5.74, 6) is 0.813. The van der Waals surface area contributed by atoms with E-state index in [2.05, 4.69) is 26.3 Å². The van der Waals surface area contributed by atoms with Crippen molar-refractivity contribution in [3.63, 3.8) is 0 Å². The molecule has 5 nitrogen and oxygen atoms in total. The van der Waals surface area contributed by atoms with Crippen LogP contribution in [0.25, 0.3) is 0 Å². The number of hydrogen-bond donors (Lipinski definition) is 1. The maximum Gasteiger partial charge on any atom is 0.282 e. The average molecular weight is 316 g/mol. The molecule has 1 heterocycles. The molecule has 0 spiro atoms. The van der Waals surface area contributed by atoms with Crippen molar-refractivity contribution in [3.8, 4) is 0 Å². The lowest BCUT2D eigenvalue weighted by Gasteiger charge is -2.08. The molecule has 0 bridgehead atoms. The van der Waals surface area contributed by atoms with E-state index in [0.717, 1.165) is 37.8 Å². The molecule has 100 valence electrons. The third-order valence-corrected chi connectivity index (χ3v) is 3.68. The van der Waals surface area contributed by atoms with Gasteiger partial charge in [-0.1, -0.05) is 0 Å². The van der Waals surface area contributed by atoms with E-state index in [4.69, 9.17) is 4.74 Å². The van der Waals surface area contributed by atoms with Crippen molar-refractivity contribution >= 4 is 21.6 Å². The highest BCUT2D eigenvalue weighted by Gasteiger charge is 2.20. The second kappa shape index (κ2) is 6.33. The van der Waals surface area contributed by atoms with E-state index >= 15 is 0 Å². The molecule has 18 heavy (non-hydrogen) atoms. The topological polar surface area (TPSA) is 56.1 Å². The Morgan fingerprint density at radius 2 is 2.39 bits per heavy atom. The van der Waals surface area contributed by atoms with Gasteiger partial charge in [0.2, 0.25) is 0 Å². The van der Waals surface area contributed by atoms with Crippen LogP contribution in [0.5, 0.6) is 0 Å².